The first kappa shape index (κ1) is 10.3. The van der Waals surface area contributed by atoms with Gasteiger partial charge in [0.05, 0.1) is 13.2 Å². The summed E-state index contributed by atoms with van der Waals surface area (Å²) in [7, 11) is 1.67. The van der Waals surface area contributed by atoms with Crippen molar-refractivity contribution in [3.05, 3.63) is 23.8 Å². The zero-order valence-electron chi connectivity index (χ0n) is 9.41. The third-order valence-electron chi connectivity index (χ3n) is 2.76. The number of ether oxygens (including phenoxy) is 2. The number of likely N-dealkylation sites (N-methyl/N-ethyl adjacent to an activating group) is 1. The molecule has 1 aliphatic rings. The van der Waals surface area contributed by atoms with E-state index in [2.05, 4.69) is 25.2 Å². The van der Waals surface area contributed by atoms with E-state index in [1.807, 2.05) is 12.1 Å². The maximum atomic E-state index is 5.77. The van der Waals surface area contributed by atoms with E-state index in [1.54, 1.807) is 7.11 Å². The van der Waals surface area contributed by atoms with E-state index in [0.29, 0.717) is 6.04 Å². The summed E-state index contributed by atoms with van der Waals surface area (Å²) in [6, 6.07) is 6.30. The molecule has 0 saturated carbocycles. The minimum Gasteiger partial charge on any atom is -0.497 e. The Bertz CT molecular complexity index is 351. The lowest BCUT2D eigenvalue weighted by Crippen LogP contribution is -2.28. The van der Waals surface area contributed by atoms with E-state index in [0.717, 1.165) is 18.0 Å². The summed E-state index contributed by atoms with van der Waals surface area (Å²) in [6.07, 6.45) is 0.187. The molecule has 3 heteroatoms. The molecule has 1 aromatic rings. The second-order valence-corrected chi connectivity index (χ2v) is 3.76. The van der Waals surface area contributed by atoms with Gasteiger partial charge in [0.25, 0.3) is 0 Å². The van der Waals surface area contributed by atoms with Crippen LogP contribution >= 0.6 is 0 Å². The van der Waals surface area contributed by atoms with E-state index in [-0.39, 0.29) is 6.10 Å². The zero-order valence-corrected chi connectivity index (χ0v) is 9.41. The lowest BCUT2D eigenvalue weighted by Gasteiger charge is -2.15. The topological polar surface area (TPSA) is 30.5 Å². The molecule has 2 atom stereocenters. The van der Waals surface area contributed by atoms with Crippen LogP contribution < -0.4 is 14.8 Å². The molecule has 0 amide bonds. The van der Waals surface area contributed by atoms with Gasteiger partial charge in [-0.3, -0.25) is 0 Å². The molecule has 0 spiro atoms. The van der Waals surface area contributed by atoms with Gasteiger partial charge < -0.3 is 14.8 Å². The Morgan fingerprint density at radius 1 is 1.47 bits per heavy atom. The smallest absolute Gasteiger partial charge is 0.128 e. The predicted molar refractivity (Wildman–Crippen MR) is 59.5 cm³/mol. The van der Waals surface area contributed by atoms with Crippen LogP contribution in [0, 0.1) is 0 Å². The first-order chi connectivity index (χ1) is 7.26. The van der Waals surface area contributed by atoms with Gasteiger partial charge in [-0.1, -0.05) is 6.92 Å². The Morgan fingerprint density at radius 2 is 2.27 bits per heavy atom. The highest BCUT2D eigenvalue weighted by atomic mass is 16.5. The standard InChI is InChI=1S/C12H17NO2/c1-4-13-12-8(2)15-11-7-9(14-3)5-6-10(11)12/h5-8,12-13H,4H2,1-3H3. The Labute approximate surface area is 90.4 Å². The van der Waals surface area contributed by atoms with Gasteiger partial charge in [0.2, 0.25) is 0 Å². The quantitative estimate of drug-likeness (QED) is 0.823. The molecule has 2 rings (SSSR count). The van der Waals surface area contributed by atoms with Crippen LogP contribution in [0.25, 0.3) is 0 Å². The molecule has 3 nitrogen and oxygen atoms in total. The highest BCUT2D eigenvalue weighted by Crippen LogP contribution is 2.38. The van der Waals surface area contributed by atoms with Crippen molar-refractivity contribution in [3.63, 3.8) is 0 Å². The summed E-state index contributed by atoms with van der Waals surface area (Å²) in [5.41, 5.74) is 1.23. The van der Waals surface area contributed by atoms with E-state index >= 15 is 0 Å². The van der Waals surface area contributed by atoms with Crippen molar-refractivity contribution >= 4 is 0 Å². The minimum absolute atomic E-state index is 0.187. The van der Waals surface area contributed by atoms with E-state index in [1.165, 1.54) is 5.56 Å². The highest BCUT2D eigenvalue weighted by Gasteiger charge is 2.30. The van der Waals surface area contributed by atoms with Crippen molar-refractivity contribution in [2.75, 3.05) is 13.7 Å². The molecule has 0 saturated heterocycles. The number of nitrogens with one attached hydrogen (secondary N) is 1. The van der Waals surface area contributed by atoms with Crippen molar-refractivity contribution < 1.29 is 9.47 Å². The third kappa shape index (κ3) is 1.79. The van der Waals surface area contributed by atoms with Crippen LogP contribution in [-0.4, -0.2) is 19.8 Å². The van der Waals surface area contributed by atoms with Crippen LogP contribution in [0.4, 0.5) is 0 Å². The fourth-order valence-electron chi connectivity index (χ4n) is 2.02. The molecule has 1 heterocycles. The molecule has 2 unspecified atom stereocenters. The second kappa shape index (κ2) is 4.11. The lowest BCUT2D eigenvalue weighted by molar-refractivity contribution is 0.210. The van der Waals surface area contributed by atoms with E-state index in [4.69, 9.17) is 9.47 Å². The maximum absolute atomic E-state index is 5.77. The van der Waals surface area contributed by atoms with Crippen molar-refractivity contribution in [1.29, 1.82) is 0 Å². The summed E-state index contributed by atoms with van der Waals surface area (Å²) in [5, 5.41) is 3.42. The minimum atomic E-state index is 0.187. The monoisotopic (exact) mass is 207 g/mol. The normalized spacial score (nSPS) is 23.4. The SMILES string of the molecule is CCNC1c2ccc(OC)cc2OC1C. The summed E-state index contributed by atoms with van der Waals surface area (Å²) in [6.45, 7) is 5.14. The van der Waals surface area contributed by atoms with Crippen LogP contribution in [0.3, 0.4) is 0 Å². The Morgan fingerprint density at radius 3 is 2.93 bits per heavy atom. The van der Waals surface area contributed by atoms with Crippen LogP contribution in [0.2, 0.25) is 0 Å². The number of fused-ring (bicyclic) bond motifs is 1. The Hall–Kier alpha value is -1.22. The lowest BCUT2D eigenvalue weighted by atomic mass is 10.0. The molecule has 1 N–H and O–H groups in total. The first-order valence-corrected chi connectivity index (χ1v) is 5.34. The van der Waals surface area contributed by atoms with Crippen molar-refractivity contribution in [3.8, 4) is 11.5 Å². The van der Waals surface area contributed by atoms with Gasteiger partial charge in [-0.15, -0.1) is 0 Å². The fraction of sp³-hybridized carbons (Fsp3) is 0.500. The summed E-state index contributed by atoms with van der Waals surface area (Å²) in [5.74, 6) is 1.78. The molecular weight excluding hydrogens is 190 g/mol. The molecule has 0 aliphatic carbocycles. The average Bonchev–Trinajstić information content (AvgIpc) is 2.55. The van der Waals surface area contributed by atoms with Crippen molar-refractivity contribution in [2.45, 2.75) is 26.0 Å². The molecule has 0 aromatic heterocycles. The molecule has 1 aliphatic heterocycles. The first-order valence-electron chi connectivity index (χ1n) is 5.34. The van der Waals surface area contributed by atoms with Crippen molar-refractivity contribution in [1.82, 2.24) is 5.32 Å². The number of hydrogen-bond donors (Lipinski definition) is 1. The molecule has 15 heavy (non-hydrogen) atoms. The van der Waals surface area contributed by atoms with Gasteiger partial charge >= 0.3 is 0 Å². The predicted octanol–water partition coefficient (Wildman–Crippen LogP) is 2.13. The molecular formula is C12H17NO2. The van der Waals surface area contributed by atoms with Gasteiger partial charge in [0.15, 0.2) is 0 Å². The van der Waals surface area contributed by atoms with Crippen LogP contribution in [-0.2, 0) is 0 Å². The summed E-state index contributed by atoms with van der Waals surface area (Å²) >= 11 is 0. The van der Waals surface area contributed by atoms with Gasteiger partial charge in [-0.25, -0.2) is 0 Å². The van der Waals surface area contributed by atoms with E-state index < -0.39 is 0 Å². The third-order valence-corrected chi connectivity index (χ3v) is 2.76. The highest BCUT2D eigenvalue weighted by molar-refractivity contribution is 5.45. The van der Waals surface area contributed by atoms with E-state index in [9.17, 15) is 0 Å². The second-order valence-electron chi connectivity index (χ2n) is 3.76. The number of hydrogen-bond acceptors (Lipinski definition) is 3. The van der Waals surface area contributed by atoms with Crippen LogP contribution in [0.1, 0.15) is 25.5 Å². The van der Waals surface area contributed by atoms with Crippen LogP contribution in [0.15, 0.2) is 18.2 Å². The van der Waals surface area contributed by atoms with Gasteiger partial charge in [0, 0.05) is 11.6 Å². The molecule has 1 aromatic carbocycles. The summed E-state index contributed by atoms with van der Waals surface area (Å²) < 4.78 is 10.9. The largest absolute Gasteiger partial charge is 0.497 e. The van der Waals surface area contributed by atoms with Crippen LogP contribution in [0.5, 0.6) is 11.5 Å². The molecule has 82 valence electrons. The fourth-order valence-corrected chi connectivity index (χ4v) is 2.02. The zero-order chi connectivity index (χ0) is 10.8. The average molecular weight is 207 g/mol. The number of rotatable bonds is 3. The molecule has 0 bridgehead atoms. The molecule has 0 radical (unpaired) electrons. The van der Waals surface area contributed by atoms with Gasteiger partial charge in [0.1, 0.15) is 17.6 Å². The van der Waals surface area contributed by atoms with Gasteiger partial charge in [-0.2, -0.15) is 0 Å². The van der Waals surface area contributed by atoms with Gasteiger partial charge in [-0.05, 0) is 25.6 Å². The molecule has 0 fully saturated rings. The Kier molecular flexibility index (Phi) is 2.82. The number of methoxy groups -OCH3 is 1. The van der Waals surface area contributed by atoms with Crippen molar-refractivity contribution in [2.24, 2.45) is 0 Å². The maximum Gasteiger partial charge on any atom is 0.128 e. The number of benzene rings is 1. The summed E-state index contributed by atoms with van der Waals surface area (Å²) in [4.78, 5) is 0. The Balaban J connectivity index is 2.30.